The van der Waals surface area contributed by atoms with Crippen LogP contribution in [0.1, 0.15) is 91.3 Å². The summed E-state index contributed by atoms with van der Waals surface area (Å²) in [5, 5.41) is 6.74. The van der Waals surface area contributed by atoms with Crippen LogP contribution in [-0.4, -0.2) is 15.0 Å². The zero-order valence-corrected chi connectivity index (χ0v) is 18.5. The van der Waals surface area contributed by atoms with E-state index in [1.165, 1.54) is 15.7 Å². The number of hydrogen-bond donors (Lipinski definition) is 0. The predicted octanol–water partition coefficient (Wildman–Crippen LogP) is 6.49. The molecule has 0 saturated heterocycles. The van der Waals surface area contributed by atoms with Gasteiger partial charge in [0.15, 0.2) is 5.89 Å². The first-order valence-electron chi connectivity index (χ1n) is 9.73. The summed E-state index contributed by atoms with van der Waals surface area (Å²) in [4.78, 5) is 14.0. The summed E-state index contributed by atoms with van der Waals surface area (Å²) in [5.74, 6) is 2.12. The second-order valence-corrected chi connectivity index (χ2v) is 9.49. The average molecular weight is 404 g/mol. The van der Waals surface area contributed by atoms with Gasteiger partial charge in [0, 0.05) is 34.2 Å². The molecule has 146 valence electrons. The Morgan fingerprint density at radius 3 is 2.22 bits per heavy atom. The number of hydrogen-bond acceptors (Lipinski definition) is 6. The second-order valence-electron chi connectivity index (χ2n) is 7.72. The standard InChI is InChI=1S/C21H29N3OS2/c1-13(2)20-24-18(12-27-20)9-6-14(3)19-23-17(10-25-19)8-7-15(4)21-22-16(5)11-26-21/h10-15H,6-9H2,1-5H3. The first kappa shape index (κ1) is 20.2. The van der Waals surface area contributed by atoms with E-state index in [4.69, 9.17) is 14.4 Å². The van der Waals surface area contributed by atoms with Gasteiger partial charge < -0.3 is 4.42 Å². The van der Waals surface area contributed by atoms with Crippen LogP contribution in [0.25, 0.3) is 0 Å². The highest BCUT2D eigenvalue weighted by Crippen LogP contribution is 2.26. The van der Waals surface area contributed by atoms with Crippen molar-refractivity contribution in [2.75, 3.05) is 0 Å². The number of aromatic nitrogens is 3. The zero-order chi connectivity index (χ0) is 19.4. The lowest BCUT2D eigenvalue weighted by atomic mass is 10.0. The monoisotopic (exact) mass is 403 g/mol. The normalized spacial score (nSPS) is 14.0. The number of aryl methyl sites for hydroxylation is 3. The van der Waals surface area contributed by atoms with Crippen LogP contribution in [0.5, 0.6) is 0 Å². The van der Waals surface area contributed by atoms with Gasteiger partial charge in [-0.2, -0.15) is 0 Å². The van der Waals surface area contributed by atoms with Crippen LogP contribution in [0.15, 0.2) is 21.4 Å². The van der Waals surface area contributed by atoms with Crippen LogP contribution in [0, 0.1) is 6.92 Å². The van der Waals surface area contributed by atoms with Gasteiger partial charge in [-0.25, -0.2) is 15.0 Å². The number of thiazole rings is 2. The molecule has 0 spiro atoms. The molecule has 0 aliphatic heterocycles. The van der Waals surface area contributed by atoms with Gasteiger partial charge in [0.25, 0.3) is 0 Å². The van der Waals surface area contributed by atoms with E-state index in [1.54, 1.807) is 22.7 Å². The Bertz CT molecular complexity index is 849. The van der Waals surface area contributed by atoms with E-state index in [1.807, 2.05) is 13.2 Å². The minimum Gasteiger partial charge on any atom is -0.448 e. The Kier molecular flexibility index (Phi) is 6.82. The Labute approximate surface area is 170 Å². The van der Waals surface area contributed by atoms with Crippen LogP contribution in [-0.2, 0) is 12.8 Å². The molecule has 0 aliphatic rings. The molecule has 27 heavy (non-hydrogen) atoms. The highest BCUT2D eigenvalue weighted by molar-refractivity contribution is 7.10. The maximum absolute atomic E-state index is 5.76. The van der Waals surface area contributed by atoms with Crippen molar-refractivity contribution < 1.29 is 4.42 Å². The lowest BCUT2D eigenvalue weighted by Crippen LogP contribution is -1.99. The molecule has 0 fully saturated rings. The molecule has 2 atom stereocenters. The van der Waals surface area contributed by atoms with E-state index in [9.17, 15) is 0 Å². The molecule has 6 heteroatoms. The van der Waals surface area contributed by atoms with Crippen LogP contribution < -0.4 is 0 Å². The van der Waals surface area contributed by atoms with Crippen LogP contribution in [0.3, 0.4) is 0 Å². The van der Waals surface area contributed by atoms with Crippen molar-refractivity contribution in [3.8, 4) is 0 Å². The summed E-state index contributed by atoms with van der Waals surface area (Å²) in [6, 6.07) is 0. The van der Waals surface area contributed by atoms with Crippen molar-refractivity contribution in [3.63, 3.8) is 0 Å². The average Bonchev–Trinajstić information content (AvgIpc) is 3.37. The molecule has 0 aromatic carbocycles. The quantitative estimate of drug-likeness (QED) is 0.409. The van der Waals surface area contributed by atoms with Gasteiger partial charge >= 0.3 is 0 Å². The highest BCUT2D eigenvalue weighted by Gasteiger charge is 2.16. The van der Waals surface area contributed by atoms with Crippen LogP contribution in [0.4, 0.5) is 0 Å². The Hall–Kier alpha value is -1.53. The smallest absolute Gasteiger partial charge is 0.197 e. The fourth-order valence-electron chi connectivity index (χ4n) is 2.94. The molecule has 3 rings (SSSR count). The molecule has 0 N–H and O–H groups in total. The minimum absolute atomic E-state index is 0.307. The Balaban J connectivity index is 1.48. The Morgan fingerprint density at radius 2 is 1.56 bits per heavy atom. The lowest BCUT2D eigenvalue weighted by molar-refractivity contribution is 0.445. The highest BCUT2D eigenvalue weighted by atomic mass is 32.1. The zero-order valence-electron chi connectivity index (χ0n) is 16.9. The van der Waals surface area contributed by atoms with Gasteiger partial charge in [0.05, 0.1) is 21.4 Å². The first-order chi connectivity index (χ1) is 12.9. The number of nitrogens with zero attached hydrogens (tertiary/aromatic N) is 3. The van der Waals surface area contributed by atoms with E-state index < -0.39 is 0 Å². The molecular weight excluding hydrogens is 374 g/mol. The first-order valence-corrected chi connectivity index (χ1v) is 11.5. The molecule has 0 aliphatic carbocycles. The van der Waals surface area contributed by atoms with Gasteiger partial charge in [0.1, 0.15) is 6.26 Å². The van der Waals surface area contributed by atoms with Crippen molar-refractivity contribution in [1.29, 1.82) is 0 Å². The third kappa shape index (κ3) is 5.48. The second kappa shape index (κ2) is 9.11. The third-order valence-corrected chi connectivity index (χ3v) is 7.17. The van der Waals surface area contributed by atoms with E-state index in [0.29, 0.717) is 17.8 Å². The van der Waals surface area contributed by atoms with Crippen molar-refractivity contribution in [1.82, 2.24) is 15.0 Å². The molecule has 3 aromatic rings. The molecule has 0 bridgehead atoms. The predicted molar refractivity (Wildman–Crippen MR) is 113 cm³/mol. The summed E-state index contributed by atoms with van der Waals surface area (Å²) >= 11 is 3.51. The molecule has 0 amide bonds. The van der Waals surface area contributed by atoms with Gasteiger partial charge in [-0.3, -0.25) is 0 Å². The lowest BCUT2D eigenvalue weighted by Gasteiger charge is -2.06. The number of oxazole rings is 1. The van der Waals surface area contributed by atoms with Crippen LogP contribution >= 0.6 is 22.7 Å². The number of rotatable bonds is 9. The Morgan fingerprint density at radius 1 is 0.852 bits per heavy atom. The van der Waals surface area contributed by atoms with Gasteiger partial charge in [-0.05, 0) is 32.6 Å². The van der Waals surface area contributed by atoms with Crippen molar-refractivity contribution >= 4 is 22.7 Å². The van der Waals surface area contributed by atoms with E-state index >= 15 is 0 Å². The van der Waals surface area contributed by atoms with E-state index in [-0.39, 0.29) is 0 Å². The summed E-state index contributed by atoms with van der Waals surface area (Å²) < 4.78 is 5.76. The van der Waals surface area contributed by atoms with E-state index in [0.717, 1.165) is 43.0 Å². The molecule has 3 heterocycles. The van der Waals surface area contributed by atoms with E-state index in [2.05, 4.69) is 43.4 Å². The summed E-state index contributed by atoms with van der Waals surface area (Å²) in [6.07, 6.45) is 5.79. The topological polar surface area (TPSA) is 51.8 Å². The molecule has 3 aromatic heterocycles. The minimum atomic E-state index is 0.307. The fraction of sp³-hybridized carbons (Fsp3) is 0.571. The third-order valence-electron chi connectivity index (χ3n) is 4.78. The van der Waals surface area contributed by atoms with Crippen molar-refractivity contribution in [2.45, 2.75) is 78.1 Å². The fourth-order valence-corrected chi connectivity index (χ4v) is 4.70. The van der Waals surface area contributed by atoms with Crippen LogP contribution in [0.2, 0.25) is 0 Å². The van der Waals surface area contributed by atoms with Crippen molar-refractivity contribution in [2.24, 2.45) is 0 Å². The molecule has 0 radical (unpaired) electrons. The maximum Gasteiger partial charge on any atom is 0.197 e. The van der Waals surface area contributed by atoms with Gasteiger partial charge in [-0.15, -0.1) is 22.7 Å². The largest absolute Gasteiger partial charge is 0.448 e. The molecule has 0 saturated carbocycles. The molecular formula is C21H29N3OS2. The molecule has 2 unspecified atom stereocenters. The SMILES string of the molecule is Cc1csc(C(C)CCc2coc(C(C)CCc3csc(C(C)C)n3)n2)n1. The summed E-state index contributed by atoms with van der Waals surface area (Å²) in [6.45, 7) is 10.9. The maximum atomic E-state index is 5.76. The van der Waals surface area contributed by atoms with Gasteiger partial charge in [-0.1, -0.05) is 27.7 Å². The molecule has 4 nitrogen and oxygen atoms in total. The van der Waals surface area contributed by atoms with Crippen molar-refractivity contribution in [3.05, 3.63) is 50.0 Å². The summed E-state index contributed by atoms with van der Waals surface area (Å²) in [5.41, 5.74) is 3.35. The van der Waals surface area contributed by atoms with Gasteiger partial charge in [0.2, 0.25) is 0 Å². The summed E-state index contributed by atoms with van der Waals surface area (Å²) in [7, 11) is 0.